The van der Waals surface area contributed by atoms with E-state index >= 15 is 0 Å². The van der Waals surface area contributed by atoms with Crippen molar-refractivity contribution < 1.29 is 0 Å². The highest BCUT2D eigenvalue weighted by molar-refractivity contribution is 6.30. The van der Waals surface area contributed by atoms with Crippen molar-refractivity contribution in [3.05, 3.63) is 28.8 Å². The lowest BCUT2D eigenvalue weighted by molar-refractivity contribution is 0.351. The Morgan fingerprint density at radius 1 is 1.32 bits per heavy atom. The van der Waals surface area contributed by atoms with E-state index in [-0.39, 0.29) is 0 Å². The number of nitrogens with zero attached hydrogens (tertiary/aromatic N) is 2. The SMILES string of the molecule is CNC1CCC(N(C)c2cc(Cl)ccc2C#N)CC1. The zero-order valence-corrected chi connectivity index (χ0v) is 12.2. The first-order chi connectivity index (χ1) is 9.15. The van der Waals surface area contributed by atoms with Crippen LogP contribution in [-0.2, 0) is 0 Å². The van der Waals surface area contributed by atoms with Crippen LogP contribution in [-0.4, -0.2) is 26.2 Å². The van der Waals surface area contributed by atoms with Crippen LogP contribution in [0.4, 0.5) is 5.69 Å². The van der Waals surface area contributed by atoms with Crippen LogP contribution in [0, 0.1) is 11.3 Å². The van der Waals surface area contributed by atoms with Crippen molar-refractivity contribution in [2.24, 2.45) is 0 Å². The van der Waals surface area contributed by atoms with Gasteiger partial charge >= 0.3 is 0 Å². The van der Waals surface area contributed by atoms with E-state index in [4.69, 9.17) is 11.6 Å². The van der Waals surface area contributed by atoms with E-state index in [2.05, 4.69) is 23.3 Å². The number of benzene rings is 1. The Morgan fingerprint density at radius 2 is 2.00 bits per heavy atom. The summed E-state index contributed by atoms with van der Waals surface area (Å²) in [7, 11) is 4.09. The van der Waals surface area contributed by atoms with Crippen LogP contribution in [0.5, 0.6) is 0 Å². The number of nitrogens with one attached hydrogen (secondary N) is 1. The van der Waals surface area contributed by atoms with Gasteiger partial charge in [0, 0.05) is 24.2 Å². The van der Waals surface area contributed by atoms with Gasteiger partial charge in [-0.3, -0.25) is 0 Å². The molecule has 1 aromatic carbocycles. The molecule has 1 saturated carbocycles. The number of rotatable bonds is 3. The summed E-state index contributed by atoms with van der Waals surface area (Å²) in [5, 5.41) is 13.2. The molecule has 1 aliphatic carbocycles. The molecule has 0 spiro atoms. The maximum Gasteiger partial charge on any atom is 0.101 e. The lowest BCUT2D eigenvalue weighted by Crippen LogP contribution is -2.40. The van der Waals surface area contributed by atoms with Crippen LogP contribution < -0.4 is 10.2 Å². The summed E-state index contributed by atoms with van der Waals surface area (Å²) in [5.41, 5.74) is 1.64. The Morgan fingerprint density at radius 3 is 2.58 bits per heavy atom. The summed E-state index contributed by atoms with van der Waals surface area (Å²) >= 11 is 6.06. The van der Waals surface area contributed by atoms with Gasteiger partial charge in [-0.25, -0.2) is 0 Å². The Bertz CT molecular complexity index is 473. The predicted octanol–water partition coefficient (Wildman–Crippen LogP) is 3.18. The summed E-state index contributed by atoms with van der Waals surface area (Å²) in [4.78, 5) is 2.22. The highest BCUT2D eigenvalue weighted by Gasteiger charge is 2.24. The van der Waals surface area contributed by atoms with E-state index in [0.29, 0.717) is 22.7 Å². The summed E-state index contributed by atoms with van der Waals surface area (Å²) in [6.07, 6.45) is 4.68. The number of hydrogen-bond acceptors (Lipinski definition) is 3. The summed E-state index contributed by atoms with van der Waals surface area (Å²) in [6, 6.07) is 8.85. The van der Waals surface area contributed by atoms with E-state index in [1.165, 1.54) is 12.8 Å². The smallest absolute Gasteiger partial charge is 0.101 e. The Balaban J connectivity index is 2.14. The molecule has 102 valence electrons. The molecule has 0 saturated heterocycles. The number of hydrogen-bond donors (Lipinski definition) is 1. The third kappa shape index (κ3) is 3.20. The van der Waals surface area contributed by atoms with Crippen molar-refractivity contribution in [3.8, 4) is 6.07 Å². The van der Waals surface area contributed by atoms with Gasteiger partial charge in [-0.2, -0.15) is 5.26 Å². The highest BCUT2D eigenvalue weighted by atomic mass is 35.5. The molecule has 19 heavy (non-hydrogen) atoms. The molecule has 4 heteroatoms. The topological polar surface area (TPSA) is 39.1 Å². The third-order valence-electron chi connectivity index (χ3n) is 4.11. The number of anilines is 1. The Kier molecular flexibility index (Phi) is 4.68. The van der Waals surface area contributed by atoms with Gasteiger partial charge in [-0.1, -0.05) is 11.6 Å². The molecule has 0 radical (unpaired) electrons. The molecule has 1 fully saturated rings. The zero-order valence-electron chi connectivity index (χ0n) is 11.5. The van der Waals surface area contributed by atoms with Gasteiger partial charge in [0.05, 0.1) is 11.3 Å². The number of nitriles is 1. The summed E-state index contributed by atoms with van der Waals surface area (Å²) in [5.74, 6) is 0. The number of halogens is 1. The second kappa shape index (κ2) is 6.27. The van der Waals surface area contributed by atoms with Crippen LogP contribution in [0.1, 0.15) is 31.2 Å². The minimum atomic E-state index is 0.496. The molecule has 0 amide bonds. The first kappa shape index (κ1) is 14.2. The maximum absolute atomic E-state index is 9.21. The Hall–Kier alpha value is -1.24. The van der Waals surface area contributed by atoms with E-state index < -0.39 is 0 Å². The fourth-order valence-electron chi connectivity index (χ4n) is 2.84. The third-order valence-corrected chi connectivity index (χ3v) is 4.35. The predicted molar refractivity (Wildman–Crippen MR) is 79.7 cm³/mol. The van der Waals surface area contributed by atoms with Gasteiger partial charge < -0.3 is 10.2 Å². The second-order valence-corrected chi connectivity index (χ2v) is 5.61. The van der Waals surface area contributed by atoms with Gasteiger partial charge in [0.2, 0.25) is 0 Å². The quantitative estimate of drug-likeness (QED) is 0.922. The van der Waals surface area contributed by atoms with E-state index in [9.17, 15) is 5.26 Å². The van der Waals surface area contributed by atoms with Gasteiger partial charge in [-0.15, -0.1) is 0 Å². The summed E-state index contributed by atoms with van der Waals surface area (Å²) in [6.45, 7) is 0. The molecule has 0 atom stereocenters. The van der Waals surface area contributed by atoms with Gasteiger partial charge in [0.15, 0.2) is 0 Å². The second-order valence-electron chi connectivity index (χ2n) is 5.18. The average molecular weight is 278 g/mol. The lowest BCUT2D eigenvalue weighted by atomic mass is 9.90. The normalized spacial score (nSPS) is 22.8. The van der Waals surface area contributed by atoms with Crippen LogP contribution in [0.25, 0.3) is 0 Å². The van der Waals surface area contributed by atoms with Crippen molar-refractivity contribution in [2.45, 2.75) is 37.8 Å². The molecule has 0 unspecified atom stereocenters. The minimum absolute atomic E-state index is 0.496. The van der Waals surface area contributed by atoms with Gasteiger partial charge in [-0.05, 0) is 50.9 Å². The van der Waals surface area contributed by atoms with Crippen LogP contribution >= 0.6 is 11.6 Å². The standard InChI is InChI=1S/C15H20ClN3/c1-18-13-5-7-14(8-6-13)19(2)15-9-12(16)4-3-11(15)10-17/h3-4,9,13-14,18H,5-8H2,1-2H3. The molecule has 0 aliphatic heterocycles. The van der Waals surface area contributed by atoms with Crippen molar-refractivity contribution in [1.29, 1.82) is 5.26 Å². The highest BCUT2D eigenvalue weighted by Crippen LogP contribution is 2.30. The minimum Gasteiger partial charge on any atom is -0.371 e. The fourth-order valence-corrected chi connectivity index (χ4v) is 3.01. The molecular weight excluding hydrogens is 258 g/mol. The van der Waals surface area contributed by atoms with E-state index in [1.54, 1.807) is 12.1 Å². The van der Waals surface area contributed by atoms with Crippen LogP contribution in [0.3, 0.4) is 0 Å². The maximum atomic E-state index is 9.21. The molecule has 0 bridgehead atoms. The fraction of sp³-hybridized carbons (Fsp3) is 0.533. The molecule has 0 heterocycles. The van der Waals surface area contributed by atoms with Crippen LogP contribution in [0.2, 0.25) is 5.02 Å². The van der Waals surface area contributed by atoms with Crippen molar-refractivity contribution in [1.82, 2.24) is 5.32 Å². The van der Waals surface area contributed by atoms with Crippen molar-refractivity contribution >= 4 is 17.3 Å². The first-order valence-electron chi connectivity index (χ1n) is 6.75. The monoisotopic (exact) mass is 277 g/mol. The van der Waals surface area contributed by atoms with E-state index in [1.807, 2.05) is 13.1 Å². The molecule has 3 nitrogen and oxygen atoms in total. The Labute approximate surface area is 120 Å². The molecule has 2 rings (SSSR count). The molecular formula is C15H20ClN3. The molecule has 1 aliphatic rings. The molecule has 0 aromatic heterocycles. The lowest BCUT2D eigenvalue weighted by Gasteiger charge is -2.36. The summed E-state index contributed by atoms with van der Waals surface area (Å²) < 4.78 is 0. The van der Waals surface area contributed by atoms with E-state index in [0.717, 1.165) is 18.5 Å². The zero-order chi connectivity index (χ0) is 13.8. The molecule has 1 N–H and O–H groups in total. The van der Waals surface area contributed by atoms with Crippen LogP contribution in [0.15, 0.2) is 18.2 Å². The largest absolute Gasteiger partial charge is 0.371 e. The van der Waals surface area contributed by atoms with Crippen molar-refractivity contribution in [3.63, 3.8) is 0 Å². The molecule has 1 aromatic rings. The first-order valence-corrected chi connectivity index (χ1v) is 7.13. The van der Waals surface area contributed by atoms with Crippen molar-refractivity contribution in [2.75, 3.05) is 19.0 Å². The van der Waals surface area contributed by atoms with Gasteiger partial charge in [0.1, 0.15) is 6.07 Å². The average Bonchev–Trinajstić information content (AvgIpc) is 2.46. The van der Waals surface area contributed by atoms with Gasteiger partial charge in [0.25, 0.3) is 0 Å².